The number of hydrogen-bond acceptors (Lipinski definition) is 4. The third kappa shape index (κ3) is 5.55. The Morgan fingerprint density at radius 3 is 2.56 bits per heavy atom. The number of aliphatic imine (C=N–C) groups is 1. The summed E-state index contributed by atoms with van der Waals surface area (Å²) < 4.78 is 1.71. The predicted octanol–water partition coefficient (Wildman–Crippen LogP) is 1.14. The van der Waals surface area contributed by atoms with Gasteiger partial charge in [-0.3, -0.25) is 9.48 Å². The van der Waals surface area contributed by atoms with Crippen LogP contribution in [0.4, 0.5) is 0 Å². The first-order chi connectivity index (χ1) is 11.5. The number of carbonyl (C=O) groups is 1. The summed E-state index contributed by atoms with van der Waals surface area (Å²) in [6.07, 6.45) is 5.59. The van der Waals surface area contributed by atoms with Gasteiger partial charge in [-0.25, -0.2) is 9.98 Å². The minimum absolute atomic E-state index is 0. The van der Waals surface area contributed by atoms with Crippen LogP contribution >= 0.6 is 24.0 Å². The van der Waals surface area contributed by atoms with Gasteiger partial charge in [0.1, 0.15) is 18.7 Å². The second kappa shape index (κ2) is 9.93. The topological polar surface area (TPSA) is 87.4 Å². The first-order valence-electron chi connectivity index (χ1n) is 8.55. The van der Waals surface area contributed by atoms with Crippen molar-refractivity contribution in [1.29, 1.82) is 0 Å². The van der Waals surface area contributed by atoms with Crippen LogP contribution in [0, 0.1) is 5.41 Å². The molecule has 0 spiro atoms. The molecule has 0 radical (unpaired) electrons. The molecule has 8 nitrogen and oxygen atoms in total. The maximum absolute atomic E-state index is 12.6. The van der Waals surface area contributed by atoms with Crippen LogP contribution in [-0.2, 0) is 18.4 Å². The van der Waals surface area contributed by atoms with Crippen LogP contribution in [0.2, 0.25) is 0 Å². The molecule has 1 aliphatic rings. The second-order valence-electron chi connectivity index (χ2n) is 6.54. The molecule has 1 aliphatic carbocycles. The fourth-order valence-electron chi connectivity index (χ4n) is 3.20. The predicted molar refractivity (Wildman–Crippen MR) is 109 cm³/mol. The van der Waals surface area contributed by atoms with Crippen molar-refractivity contribution in [3.63, 3.8) is 0 Å². The van der Waals surface area contributed by atoms with Crippen molar-refractivity contribution in [3.8, 4) is 0 Å². The van der Waals surface area contributed by atoms with Gasteiger partial charge >= 0.3 is 0 Å². The Morgan fingerprint density at radius 1 is 1.36 bits per heavy atom. The first-order valence-corrected chi connectivity index (χ1v) is 8.55. The highest BCUT2D eigenvalue weighted by molar-refractivity contribution is 14.0. The van der Waals surface area contributed by atoms with Crippen LogP contribution < -0.4 is 10.6 Å². The third-order valence-electron chi connectivity index (χ3n) is 4.54. The van der Waals surface area contributed by atoms with Gasteiger partial charge in [-0.15, -0.1) is 24.0 Å². The molecule has 2 N–H and O–H groups in total. The van der Waals surface area contributed by atoms with Gasteiger partial charge in [0.25, 0.3) is 0 Å². The highest BCUT2D eigenvalue weighted by atomic mass is 127. The van der Waals surface area contributed by atoms with Crippen molar-refractivity contribution < 1.29 is 4.79 Å². The van der Waals surface area contributed by atoms with Gasteiger partial charge < -0.3 is 15.5 Å². The van der Waals surface area contributed by atoms with E-state index in [1.807, 2.05) is 28.1 Å². The Bertz CT molecular complexity index is 579. The van der Waals surface area contributed by atoms with Crippen molar-refractivity contribution in [2.45, 2.75) is 39.2 Å². The molecule has 1 fully saturated rings. The molecule has 1 aromatic rings. The van der Waals surface area contributed by atoms with E-state index >= 15 is 0 Å². The summed E-state index contributed by atoms with van der Waals surface area (Å²) in [4.78, 5) is 23.1. The van der Waals surface area contributed by atoms with Crippen molar-refractivity contribution in [3.05, 3.63) is 12.2 Å². The summed E-state index contributed by atoms with van der Waals surface area (Å²) in [7, 11) is 5.51. The monoisotopic (exact) mass is 463 g/mol. The third-order valence-corrected chi connectivity index (χ3v) is 4.54. The summed E-state index contributed by atoms with van der Waals surface area (Å²) in [5, 5.41) is 10.6. The van der Waals surface area contributed by atoms with E-state index < -0.39 is 0 Å². The SMILES string of the molecule is CCNC(=NCc1ncnn1C)NCC1(C(=O)N(C)C)CCCC1.I. The minimum Gasteiger partial charge on any atom is -0.357 e. The summed E-state index contributed by atoms with van der Waals surface area (Å²) in [6.45, 7) is 3.84. The van der Waals surface area contributed by atoms with E-state index in [1.165, 1.54) is 6.33 Å². The number of rotatable bonds is 6. The average Bonchev–Trinajstić information content (AvgIpc) is 3.19. The van der Waals surface area contributed by atoms with Gasteiger partial charge in [-0.1, -0.05) is 12.8 Å². The molecular formula is C16H30IN7O. The van der Waals surface area contributed by atoms with Crippen molar-refractivity contribution in [2.24, 2.45) is 17.5 Å². The lowest BCUT2D eigenvalue weighted by Crippen LogP contribution is -2.49. The average molecular weight is 463 g/mol. The van der Waals surface area contributed by atoms with E-state index in [4.69, 9.17) is 0 Å². The van der Waals surface area contributed by atoms with Crippen LogP contribution in [0.5, 0.6) is 0 Å². The van der Waals surface area contributed by atoms with Gasteiger partial charge in [-0.2, -0.15) is 5.10 Å². The number of carbonyl (C=O) groups excluding carboxylic acids is 1. The maximum atomic E-state index is 12.6. The molecular weight excluding hydrogens is 433 g/mol. The molecule has 0 unspecified atom stereocenters. The van der Waals surface area contributed by atoms with Crippen molar-refractivity contribution >= 4 is 35.8 Å². The van der Waals surface area contributed by atoms with Gasteiger partial charge in [-0.05, 0) is 19.8 Å². The standard InChI is InChI=1S/C16H29N7O.HI/c1-5-17-15(18-10-13-20-12-21-23(13)4)19-11-16(8-6-7-9-16)14(24)22(2)3;/h12H,5-11H2,1-4H3,(H2,17,18,19);1H. The van der Waals surface area contributed by atoms with Crippen molar-refractivity contribution in [2.75, 3.05) is 27.2 Å². The molecule has 25 heavy (non-hydrogen) atoms. The largest absolute Gasteiger partial charge is 0.357 e. The first kappa shape index (κ1) is 21.7. The van der Waals surface area contributed by atoms with Gasteiger partial charge in [0.15, 0.2) is 5.96 Å². The van der Waals surface area contributed by atoms with Crippen LogP contribution in [-0.4, -0.2) is 58.7 Å². The molecule has 142 valence electrons. The lowest BCUT2D eigenvalue weighted by Gasteiger charge is -2.31. The number of hydrogen-bond donors (Lipinski definition) is 2. The Balaban J connectivity index is 0.00000312. The van der Waals surface area contributed by atoms with Gasteiger partial charge in [0.05, 0.1) is 5.41 Å². The Labute approximate surface area is 166 Å². The number of amides is 1. The van der Waals surface area contributed by atoms with E-state index in [1.54, 1.807) is 9.58 Å². The number of nitrogens with zero attached hydrogens (tertiary/aromatic N) is 5. The van der Waals surface area contributed by atoms with E-state index in [0.717, 1.165) is 38.1 Å². The van der Waals surface area contributed by atoms with E-state index in [-0.39, 0.29) is 35.3 Å². The molecule has 0 atom stereocenters. The highest BCUT2D eigenvalue weighted by Gasteiger charge is 2.42. The Hall–Kier alpha value is -1.39. The lowest BCUT2D eigenvalue weighted by atomic mass is 9.84. The molecule has 0 aromatic carbocycles. The molecule has 1 saturated carbocycles. The maximum Gasteiger partial charge on any atom is 0.230 e. The van der Waals surface area contributed by atoms with Crippen LogP contribution in [0.1, 0.15) is 38.4 Å². The quantitative estimate of drug-likeness (QED) is 0.376. The van der Waals surface area contributed by atoms with Crippen molar-refractivity contribution in [1.82, 2.24) is 30.3 Å². The number of guanidine groups is 1. The zero-order valence-corrected chi connectivity index (χ0v) is 17.9. The second-order valence-corrected chi connectivity index (χ2v) is 6.54. The summed E-state index contributed by atoms with van der Waals surface area (Å²) in [6, 6.07) is 0. The van der Waals surface area contributed by atoms with Crippen LogP contribution in [0.15, 0.2) is 11.3 Å². The minimum atomic E-state index is -0.315. The molecule has 2 rings (SSSR count). The Morgan fingerprint density at radius 2 is 2.04 bits per heavy atom. The fraction of sp³-hybridized carbons (Fsp3) is 0.750. The molecule has 9 heteroatoms. The van der Waals surface area contributed by atoms with Crippen LogP contribution in [0.25, 0.3) is 0 Å². The molecule has 0 bridgehead atoms. The van der Waals surface area contributed by atoms with E-state index in [2.05, 4.69) is 25.7 Å². The number of halogens is 1. The fourth-order valence-corrected chi connectivity index (χ4v) is 3.20. The normalized spacial score (nSPS) is 16.2. The summed E-state index contributed by atoms with van der Waals surface area (Å²) in [5.74, 6) is 1.71. The lowest BCUT2D eigenvalue weighted by molar-refractivity contribution is -0.138. The number of aromatic nitrogens is 3. The molecule has 1 amide bonds. The summed E-state index contributed by atoms with van der Waals surface area (Å²) >= 11 is 0. The zero-order chi connectivity index (χ0) is 17.6. The Kier molecular flexibility index (Phi) is 8.60. The van der Waals surface area contributed by atoms with Crippen LogP contribution in [0.3, 0.4) is 0 Å². The van der Waals surface area contributed by atoms with E-state index in [9.17, 15) is 4.79 Å². The number of aryl methyl sites for hydroxylation is 1. The van der Waals surface area contributed by atoms with Gasteiger partial charge in [0.2, 0.25) is 5.91 Å². The highest BCUT2D eigenvalue weighted by Crippen LogP contribution is 2.38. The molecule has 1 aromatic heterocycles. The number of nitrogens with one attached hydrogen (secondary N) is 2. The zero-order valence-electron chi connectivity index (χ0n) is 15.6. The van der Waals surface area contributed by atoms with Gasteiger partial charge in [0, 0.05) is 34.2 Å². The molecule has 0 saturated heterocycles. The molecule has 0 aliphatic heterocycles. The summed E-state index contributed by atoms with van der Waals surface area (Å²) in [5.41, 5.74) is -0.315. The smallest absolute Gasteiger partial charge is 0.230 e. The van der Waals surface area contributed by atoms with E-state index in [0.29, 0.717) is 19.0 Å². The molecule has 1 heterocycles.